The number of halogens is 3. The van der Waals surface area contributed by atoms with Crippen LogP contribution in [0.3, 0.4) is 0 Å². The van der Waals surface area contributed by atoms with E-state index in [1.807, 2.05) is 0 Å². The highest BCUT2D eigenvalue weighted by atomic mass is 19.4. The molecule has 0 heterocycles. The first-order valence-corrected chi connectivity index (χ1v) is 6.93. The number of benzene rings is 1. The van der Waals surface area contributed by atoms with Gasteiger partial charge in [-0.2, -0.15) is 13.2 Å². The number of carboxylic acid groups (broad SMARTS) is 1. The highest BCUT2D eigenvalue weighted by Gasteiger charge is 2.31. The van der Waals surface area contributed by atoms with Crippen LogP contribution < -0.4 is 10.6 Å². The summed E-state index contributed by atoms with van der Waals surface area (Å²) in [6.07, 6.45) is -4.57. The molecule has 0 aliphatic rings. The fourth-order valence-electron chi connectivity index (χ4n) is 1.86. The zero-order valence-electron chi connectivity index (χ0n) is 12.8. The maximum absolute atomic E-state index is 12.5. The summed E-state index contributed by atoms with van der Waals surface area (Å²) < 4.78 is 37.6. The van der Waals surface area contributed by atoms with Crippen LogP contribution in [-0.2, 0) is 16.4 Å². The number of carbonyl (C=O) groups excluding carboxylic acids is 1. The minimum atomic E-state index is -4.38. The van der Waals surface area contributed by atoms with Crippen molar-refractivity contribution in [3.63, 3.8) is 0 Å². The van der Waals surface area contributed by atoms with Crippen LogP contribution in [0.4, 0.5) is 18.0 Å². The Morgan fingerprint density at radius 2 is 1.57 bits per heavy atom. The van der Waals surface area contributed by atoms with Gasteiger partial charge in [0.1, 0.15) is 0 Å². The average Bonchev–Trinajstić information content (AvgIpc) is 2.44. The van der Waals surface area contributed by atoms with E-state index in [4.69, 9.17) is 5.11 Å². The van der Waals surface area contributed by atoms with Gasteiger partial charge in [-0.3, -0.25) is 4.79 Å². The molecule has 0 saturated heterocycles. The van der Waals surface area contributed by atoms with Gasteiger partial charge in [0.05, 0.1) is 12.0 Å². The lowest BCUT2D eigenvalue weighted by molar-refractivity contribution is -0.138. The van der Waals surface area contributed by atoms with Gasteiger partial charge in [-0.05, 0) is 17.7 Å². The largest absolute Gasteiger partial charge is 0.481 e. The summed E-state index contributed by atoms with van der Waals surface area (Å²) in [5.74, 6) is -1.02. The number of carboxylic acids is 1. The van der Waals surface area contributed by atoms with Crippen LogP contribution in [0.2, 0.25) is 0 Å². The molecule has 1 rings (SSSR count). The standard InChI is InChI=1S/C15H19F3N2O3/c1-14(2,9-20-13(23)19-8-7-12(21)22)10-3-5-11(6-4-10)15(16,17)18/h3-6H,7-9H2,1-2H3,(H,21,22)(H2,19,20,23). The van der Waals surface area contributed by atoms with Gasteiger partial charge in [0.15, 0.2) is 0 Å². The summed E-state index contributed by atoms with van der Waals surface area (Å²) in [5.41, 5.74) is -0.651. The van der Waals surface area contributed by atoms with Gasteiger partial charge in [-0.15, -0.1) is 0 Å². The van der Waals surface area contributed by atoms with Gasteiger partial charge in [0, 0.05) is 18.5 Å². The zero-order chi connectivity index (χ0) is 17.7. The van der Waals surface area contributed by atoms with Gasteiger partial charge < -0.3 is 15.7 Å². The van der Waals surface area contributed by atoms with Crippen molar-refractivity contribution >= 4 is 12.0 Å². The summed E-state index contributed by atoms with van der Waals surface area (Å²) in [5, 5.41) is 13.4. The Morgan fingerprint density at radius 1 is 1.04 bits per heavy atom. The number of rotatable bonds is 6. The van der Waals surface area contributed by atoms with E-state index < -0.39 is 29.2 Å². The smallest absolute Gasteiger partial charge is 0.416 e. The van der Waals surface area contributed by atoms with Gasteiger partial charge in [-0.25, -0.2) is 4.79 Å². The predicted octanol–water partition coefficient (Wildman–Crippen LogP) is 2.76. The van der Waals surface area contributed by atoms with Gasteiger partial charge in [0.2, 0.25) is 0 Å². The van der Waals surface area contributed by atoms with Crippen molar-refractivity contribution in [2.45, 2.75) is 31.9 Å². The molecule has 0 aromatic heterocycles. The highest BCUT2D eigenvalue weighted by Crippen LogP contribution is 2.31. The summed E-state index contributed by atoms with van der Waals surface area (Å²) in [6, 6.07) is 4.25. The van der Waals surface area contributed by atoms with Crippen molar-refractivity contribution in [3.8, 4) is 0 Å². The number of hydrogen-bond acceptors (Lipinski definition) is 2. The van der Waals surface area contributed by atoms with Crippen molar-refractivity contribution in [2.24, 2.45) is 0 Å². The molecule has 0 aliphatic heterocycles. The fraction of sp³-hybridized carbons (Fsp3) is 0.467. The van der Waals surface area contributed by atoms with Crippen LogP contribution in [-0.4, -0.2) is 30.2 Å². The van der Waals surface area contributed by atoms with Crippen molar-refractivity contribution in [2.75, 3.05) is 13.1 Å². The number of urea groups is 1. The molecule has 1 aromatic carbocycles. The van der Waals surface area contributed by atoms with Crippen LogP contribution in [0.15, 0.2) is 24.3 Å². The number of alkyl halides is 3. The lowest BCUT2D eigenvalue weighted by Gasteiger charge is -2.26. The second-order valence-electron chi connectivity index (χ2n) is 5.71. The minimum Gasteiger partial charge on any atom is -0.481 e. The molecule has 3 N–H and O–H groups in total. The van der Waals surface area contributed by atoms with Crippen LogP contribution in [0.25, 0.3) is 0 Å². The van der Waals surface area contributed by atoms with E-state index in [0.29, 0.717) is 5.56 Å². The molecule has 23 heavy (non-hydrogen) atoms. The van der Waals surface area contributed by atoms with Gasteiger partial charge in [-0.1, -0.05) is 26.0 Å². The van der Waals surface area contributed by atoms with Crippen molar-refractivity contribution < 1.29 is 27.9 Å². The second-order valence-corrected chi connectivity index (χ2v) is 5.71. The molecule has 8 heteroatoms. The number of amides is 2. The maximum atomic E-state index is 12.5. The van der Waals surface area contributed by atoms with E-state index in [9.17, 15) is 22.8 Å². The van der Waals surface area contributed by atoms with E-state index in [-0.39, 0.29) is 19.5 Å². The lowest BCUT2D eigenvalue weighted by atomic mass is 9.84. The monoisotopic (exact) mass is 332 g/mol. The molecule has 128 valence electrons. The topological polar surface area (TPSA) is 78.4 Å². The summed E-state index contributed by atoms with van der Waals surface area (Å²) >= 11 is 0. The summed E-state index contributed by atoms with van der Waals surface area (Å²) in [6.45, 7) is 3.76. The van der Waals surface area contributed by atoms with Gasteiger partial charge >= 0.3 is 18.2 Å². The third-order valence-electron chi connectivity index (χ3n) is 3.31. The zero-order valence-corrected chi connectivity index (χ0v) is 12.8. The molecular formula is C15H19F3N2O3. The Kier molecular flexibility index (Phi) is 6.00. The quantitative estimate of drug-likeness (QED) is 0.749. The van der Waals surface area contributed by atoms with E-state index in [0.717, 1.165) is 12.1 Å². The van der Waals surface area contributed by atoms with Crippen molar-refractivity contribution in [1.29, 1.82) is 0 Å². The maximum Gasteiger partial charge on any atom is 0.416 e. The first-order valence-electron chi connectivity index (χ1n) is 6.93. The molecule has 0 atom stereocenters. The van der Waals surface area contributed by atoms with Crippen molar-refractivity contribution in [3.05, 3.63) is 35.4 Å². The Balaban J connectivity index is 2.58. The first-order chi connectivity index (χ1) is 10.5. The number of aliphatic carboxylic acids is 1. The molecule has 0 fully saturated rings. The minimum absolute atomic E-state index is 0.00186. The molecular weight excluding hydrogens is 313 g/mol. The molecule has 0 aliphatic carbocycles. The van der Waals surface area contributed by atoms with Crippen molar-refractivity contribution in [1.82, 2.24) is 10.6 Å². The first kappa shape index (κ1) is 18.8. The fourth-order valence-corrected chi connectivity index (χ4v) is 1.86. The Labute approximate surface area is 131 Å². The lowest BCUT2D eigenvalue weighted by Crippen LogP contribution is -2.42. The molecule has 0 spiro atoms. The Bertz CT molecular complexity index is 554. The van der Waals surface area contributed by atoms with Gasteiger partial charge in [0.25, 0.3) is 0 Å². The van der Waals surface area contributed by atoms with Crippen LogP contribution >= 0.6 is 0 Å². The molecule has 1 aromatic rings. The molecule has 0 radical (unpaired) electrons. The number of carbonyl (C=O) groups is 2. The highest BCUT2D eigenvalue weighted by molar-refractivity contribution is 5.75. The number of nitrogens with one attached hydrogen (secondary N) is 2. The molecule has 0 saturated carbocycles. The molecule has 0 bridgehead atoms. The predicted molar refractivity (Wildman–Crippen MR) is 78.1 cm³/mol. The summed E-state index contributed by atoms with van der Waals surface area (Å²) in [7, 11) is 0. The average molecular weight is 332 g/mol. The molecule has 2 amide bonds. The molecule has 0 unspecified atom stereocenters. The van der Waals surface area contributed by atoms with E-state index in [1.165, 1.54) is 12.1 Å². The van der Waals surface area contributed by atoms with Crippen LogP contribution in [0.5, 0.6) is 0 Å². The molecule has 5 nitrogen and oxygen atoms in total. The Morgan fingerprint density at radius 3 is 2.04 bits per heavy atom. The Hall–Kier alpha value is -2.25. The van der Waals surface area contributed by atoms with E-state index in [2.05, 4.69) is 10.6 Å². The summed E-state index contributed by atoms with van der Waals surface area (Å²) in [4.78, 5) is 21.9. The van der Waals surface area contributed by atoms with Crippen LogP contribution in [0.1, 0.15) is 31.4 Å². The number of hydrogen-bond donors (Lipinski definition) is 3. The normalized spacial score (nSPS) is 11.9. The third kappa shape index (κ3) is 6.17. The second kappa shape index (κ2) is 7.34. The van der Waals surface area contributed by atoms with E-state index >= 15 is 0 Å². The van der Waals surface area contributed by atoms with Crippen LogP contribution in [0, 0.1) is 0 Å². The third-order valence-corrected chi connectivity index (χ3v) is 3.31. The van der Waals surface area contributed by atoms with E-state index in [1.54, 1.807) is 13.8 Å². The SMILES string of the molecule is CC(C)(CNC(=O)NCCC(=O)O)c1ccc(C(F)(F)F)cc1.